The Kier molecular flexibility index (Phi) is 4.82. The van der Waals surface area contributed by atoms with Crippen LogP contribution in [0.4, 0.5) is 8.78 Å². The maximum atomic E-state index is 13.6. The molecule has 2 nitrogen and oxygen atoms in total. The first-order chi connectivity index (χ1) is 8.07. The Hall–Kier alpha value is -1.71. The van der Waals surface area contributed by atoms with Gasteiger partial charge in [-0.3, -0.25) is 4.79 Å². The van der Waals surface area contributed by atoms with Crippen molar-refractivity contribution in [2.24, 2.45) is 0 Å². The molecule has 17 heavy (non-hydrogen) atoms. The van der Waals surface area contributed by atoms with E-state index in [1.54, 1.807) is 0 Å². The molecule has 0 heterocycles. The molecule has 1 N–H and O–H groups in total. The molecule has 0 aliphatic carbocycles. The van der Waals surface area contributed by atoms with Gasteiger partial charge in [-0.05, 0) is 31.9 Å². The molecule has 0 aromatic heterocycles. The molecule has 0 unspecified atom stereocenters. The molecule has 0 fully saturated rings. The summed E-state index contributed by atoms with van der Waals surface area (Å²) in [6, 6.07) is 2.40. The van der Waals surface area contributed by atoms with Crippen molar-refractivity contribution < 1.29 is 13.6 Å². The molecule has 0 aliphatic rings. The SMILES string of the molecule is C/C=C/CCNC(=O)c1c(F)ccc(C)c1F. The summed E-state index contributed by atoms with van der Waals surface area (Å²) >= 11 is 0. The molecule has 1 rings (SSSR count). The van der Waals surface area contributed by atoms with Crippen LogP contribution >= 0.6 is 0 Å². The van der Waals surface area contributed by atoms with E-state index in [9.17, 15) is 13.6 Å². The van der Waals surface area contributed by atoms with E-state index < -0.39 is 23.1 Å². The number of halogens is 2. The van der Waals surface area contributed by atoms with Gasteiger partial charge in [-0.1, -0.05) is 18.2 Å². The minimum absolute atomic E-state index is 0.255. The van der Waals surface area contributed by atoms with E-state index in [0.717, 1.165) is 6.07 Å². The number of carbonyl (C=O) groups is 1. The van der Waals surface area contributed by atoms with Gasteiger partial charge in [-0.25, -0.2) is 8.78 Å². The Morgan fingerprint density at radius 2 is 2.12 bits per heavy atom. The smallest absolute Gasteiger partial charge is 0.257 e. The van der Waals surface area contributed by atoms with Crippen molar-refractivity contribution in [2.45, 2.75) is 20.3 Å². The van der Waals surface area contributed by atoms with Gasteiger partial charge in [0.15, 0.2) is 0 Å². The molecular weight excluding hydrogens is 224 g/mol. The number of carbonyl (C=O) groups excluding carboxylic acids is 1. The number of hydrogen-bond donors (Lipinski definition) is 1. The van der Waals surface area contributed by atoms with Gasteiger partial charge in [-0.15, -0.1) is 0 Å². The second-order valence-electron chi connectivity index (χ2n) is 3.67. The average Bonchev–Trinajstić information content (AvgIpc) is 2.30. The molecule has 0 aliphatic heterocycles. The molecule has 1 amide bonds. The third kappa shape index (κ3) is 3.37. The molecule has 4 heteroatoms. The van der Waals surface area contributed by atoms with Crippen LogP contribution in [0.15, 0.2) is 24.3 Å². The summed E-state index contributed by atoms with van der Waals surface area (Å²) in [5.41, 5.74) is -0.254. The van der Waals surface area contributed by atoms with E-state index in [4.69, 9.17) is 0 Å². The molecule has 1 aromatic rings. The Labute approximate surface area is 99.3 Å². The maximum Gasteiger partial charge on any atom is 0.257 e. The van der Waals surface area contributed by atoms with Gasteiger partial charge in [0.25, 0.3) is 5.91 Å². The van der Waals surface area contributed by atoms with Crippen molar-refractivity contribution in [3.63, 3.8) is 0 Å². The lowest BCUT2D eigenvalue weighted by molar-refractivity contribution is 0.0945. The lowest BCUT2D eigenvalue weighted by Gasteiger charge is -2.07. The van der Waals surface area contributed by atoms with E-state index in [1.807, 2.05) is 19.1 Å². The number of amides is 1. The van der Waals surface area contributed by atoms with Gasteiger partial charge >= 0.3 is 0 Å². The first-order valence-electron chi connectivity index (χ1n) is 5.42. The minimum Gasteiger partial charge on any atom is -0.352 e. The fourth-order valence-corrected chi connectivity index (χ4v) is 1.39. The van der Waals surface area contributed by atoms with E-state index in [1.165, 1.54) is 13.0 Å². The maximum absolute atomic E-state index is 13.6. The lowest BCUT2D eigenvalue weighted by Crippen LogP contribution is -2.26. The van der Waals surface area contributed by atoms with E-state index in [0.29, 0.717) is 13.0 Å². The van der Waals surface area contributed by atoms with Crippen LogP contribution in [0.2, 0.25) is 0 Å². The number of hydrogen-bond acceptors (Lipinski definition) is 1. The summed E-state index contributed by atoms with van der Waals surface area (Å²) in [5.74, 6) is -2.35. The number of aryl methyl sites for hydroxylation is 1. The zero-order chi connectivity index (χ0) is 12.8. The first kappa shape index (κ1) is 13.4. The second kappa shape index (κ2) is 6.13. The third-order valence-corrected chi connectivity index (χ3v) is 2.34. The highest BCUT2D eigenvalue weighted by Gasteiger charge is 2.18. The predicted octanol–water partition coefficient (Wildman–Crippen LogP) is 2.97. The van der Waals surface area contributed by atoms with Crippen LogP contribution in [-0.2, 0) is 0 Å². The quantitative estimate of drug-likeness (QED) is 0.635. The van der Waals surface area contributed by atoms with Gasteiger partial charge in [0.2, 0.25) is 0 Å². The van der Waals surface area contributed by atoms with Crippen LogP contribution in [0, 0.1) is 18.6 Å². The monoisotopic (exact) mass is 239 g/mol. The molecule has 0 saturated heterocycles. The number of benzene rings is 1. The van der Waals surface area contributed by atoms with Crippen molar-refractivity contribution >= 4 is 5.91 Å². The summed E-state index contributed by atoms with van der Waals surface area (Å²) < 4.78 is 26.9. The third-order valence-electron chi connectivity index (χ3n) is 2.34. The zero-order valence-corrected chi connectivity index (χ0v) is 9.89. The van der Waals surface area contributed by atoms with Crippen LogP contribution < -0.4 is 5.32 Å². The van der Waals surface area contributed by atoms with Gasteiger partial charge < -0.3 is 5.32 Å². The number of allylic oxidation sites excluding steroid dienone is 1. The van der Waals surface area contributed by atoms with Crippen molar-refractivity contribution in [3.8, 4) is 0 Å². The Bertz CT molecular complexity index is 441. The summed E-state index contributed by atoms with van der Waals surface area (Å²) in [6.45, 7) is 3.71. The Balaban J connectivity index is 2.78. The molecule has 0 saturated carbocycles. The number of nitrogens with one attached hydrogen (secondary N) is 1. The lowest BCUT2D eigenvalue weighted by atomic mass is 10.1. The molecule has 92 valence electrons. The topological polar surface area (TPSA) is 29.1 Å². The molecule has 0 radical (unpaired) electrons. The van der Waals surface area contributed by atoms with Crippen LogP contribution in [0.5, 0.6) is 0 Å². The summed E-state index contributed by atoms with van der Waals surface area (Å²) in [4.78, 5) is 11.6. The largest absolute Gasteiger partial charge is 0.352 e. The fraction of sp³-hybridized carbons (Fsp3) is 0.308. The molecule has 0 bridgehead atoms. The van der Waals surface area contributed by atoms with Crippen LogP contribution in [0.3, 0.4) is 0 Å². The molecular formula is C13H15F2NO. The van der Waals surface area contributed by atoms with E-state index in [2.05, 4.69) is 5.32 Å². The predicted molar refractivity (Wildman–Crippen MR) is 62.9 cm³/mol. The highest BCUT2D eigenvalue weighted by Crippen LogP contribution is 2.15. The Morgan fingerprint density at radius 1 is 1.41 bits per heavy atom. The minimum atomic E-state index is -0.836. The van der Waals surface area contributed by atoms with Crippen molar-refractivity contribution in [2.75, 3.05) is 6.54 Å². The Morgan fingerprint density at radius 3 is 2.76 bits per heavy atom. The number of rotatable bonds is 4. The van der Waals surface area contributed by atoms with Crippen molar-refractivity contribution in [3.05, 3.63) is 47.0 Å². The standard InChI is InChI=1S/C13H15F2NO/c1-3-4-5-8-16-13(17)11-10(14)7-6-9(2)12(11)15/h3-4,6-7H,5,8H2,1-2H3,(H,16,17)/b4-3+. The molecule has 1 aromatic carbocycles. The molecule has 0 spiro atoms. The summed E-state index contributed by atoms with van der Waals surface area (Å²) in [5, 5.41) is 2.47. The highest BCUT2D eigenvalue weighted by atomic mass is 19.1. The molecule has 0 atom stereocenters. The summed E-state index contributed by atoms with van der Waals surface area (Å²) in [7, 11) is 0. The highest BCUT2D eigenvalue weighted by molar-refractivity contribution is 5.94. The first-order valence-corrected chi connectivity index (χ1v) is 5.42. The summed E-state index contributed by atoms with van der Waals surface area (Å²) in [6.07, 6.45) is 4.35. The zero-order valence-electron chi connectivity index (χ0n) is 9.89. The van der Waals surface area contributed by atoms with Crippen LogP contribution in [0.25, 0.3) is 0 Å². The van der Waals surface area contributed by atoms with Gasteiger partial charge in [0.1, 0.15) is 17.2 Å². The van der Waals surface area contributed by atoms with Crippen molar-refractivity contribution in [1.29, 1.82) is 0 Å². The second-order valence-corrected chi connectivity index (χ2v) is 3.67. The van der Waals surface area contributed by atoms with Crippen LogP contribution in [-0.4, -0.2) is 12.5 Å². The average molecular weight is 239 g/mol. The van der Waals surface area contributed by atoms with Gasteiger partial charge in [0.05, 0.1) is 0 Å². The normalized spacial score (nSPS) is 10.8. The van der Waals surface area contributed by atoms with E-state index >= 15 is 0 Å². The van der Waals surface area contributed by atoms with Gasteiger partial charge in [0, 0.05) is 6.54 Å². The fourth-order valence-electron chi connectivity index (χ4n) is 1.39. The van der Waals surface area contributed by atoms with E-state index in [-0.39, 0.29) is 5.56 Å². The van der Waals surface area contributed by atoms with Gasteiger partial charge in [-0.2, -0.15) is 0 Å². The van der Waals surface area contributed by atoms with Crippen molar-refractivity contribution in [1.82, 2.24) is 5.32 Å². The van der Waals surface area contributed by atoms with Crippen LogP contribution in [0.1, 0.15) is 29.3 Å².